The molecule has 0 bridgehead atoms. The Balaban J connectivity index is 2.88. The predicted octanol–water partition coefficient (Wildman–Crippen LogP) is 1.24. The topological polar surface area (TPSA) is 40.5 Å². The molecule has 0 aliphatic carbocycles. The normalized spacial score (nSPS) is 15.7. The van der Waals surface area contributed by atoms with E-state index in [4.69, 9.17) is 5.11 Å². The van der Waals surface area contributed by atoms with Gasteiger partial charge in [-0.15, -0.1) is 0 Å². The van der Waals surface area contributed by atoms with E-state index in [0.717, 1.165) is 0 Å². The Morgan fingerprint density at radius 3 is 2.50 bits per heavy atom. The van der Waals surface area contributed by atoms with Crippen LogP contribution in [0.1, 0.15) is 18.6 Å². The summed E-state index contributed by atoms with van der Waals surface area (Å²) >= 11 is 0. The number of hydrogen-bond donors (Lipinski definition) is 2. The van der Waals surface area contributed by atoms with Crippen molar-refractivity contribution in [3.05, 3.63) is 35.6 Å². The molecule has 0 unspecified atom stereocenters. The van der Waals surface area contributed by atoms with E-state index in [9.17, 15) is 9.50 Å². The van der Waals surface area contributed by atoms with E-state index in [1.54, 1.807) is 6.07 Å². The number of aliphatic hydroxyl groups excluding tert-OH is 2. The maximum Gasteiger partial charge on any atom is 0.123 e. The molecule has 1 rings (SSSR count). The maximum atomic E-state index is 12.6. The van der Waals surface area contributed by atoms with Crippen molar-refractivity contribution in [1.29, 1.82) is 0 Å². The summed E-state index contributed by atoms with van der Waals surface area (Å²) in [6.45, 7) is 1.45. The third-order valence-corrected chi connectivity index (χ3v) is 1.65. The first kappa shape index (κ1) is 9.16. The first-order valence-corrected chi connectivity index (χ1v) is 3.73. The Kier molecular flexibility index (Phi) is 2.78. The molecule has 1 aromatic carbocycles. The number of aliphatic hydroxyl groups is 2. The van der Waals surface area contributed by atoms with Gasteiger partial charge in [-0.2, -0.15) is 0 Å². The van der Waals surface area contributed by atoms with Crippen LogP contribution < -0.4 is 0 Å². The van der Waals surface area contributed by atoms with Gasteiger partial charge in [0.15, 0.2) is 0 Å². The van der Waals surface area contributed by atoms with Gasteiger partial charge in [0, 0.05) is 0 Å². The quantitative estimate of drug-likeness (QED) is 0.701. The molecule has 0 aliphatic rings. The maximum absolute atomic E-state index is 12.6. The van der Waals surface area contributed by atoms with Crippen LogP contribution in [0.5, 0.6) is 0 Å². The summed E-state index contributed by atoms with van der Waals surface area (Å²) in [4.78, 5) is 0. The van der Waals surface area contributed by atoms with Crippen LogP contribution in [-0.2, 0) is 0 Å². The molecule has 0 heterocycles. The Bertz CT molecular complexity index is 260. The molecule has 2 nitrogen and oxygen atoms in total. The minimum Gasteiger partial charge on any atom is -0.390 e. The van der Waals surface area contributed by atoms with E-state index in [1.165, 1.54) is 25.1 Å². The first-order chi connectivity index (χ1) is 5.61. The van der Waals surface area contributed by atoms with E-state index in [0.29, 0.717) is 5.56 Å². The molecule has 0 saturated carbocycles. The lowest BCUT2D eigenvalue weighted by molar-refractivity contribution is 0.0304. The van der Waals surface area contributed by atoms with Crippen molar-refractivity contribution in [2.75, 3.05) is 0 Å². The van der Waals surface area contributed by atoms with E-state index >= 15 is 0 Å². The standard InChI is InChI=1S/C9H11FO2/c1-6(11)9(12)7-3-2-4-8(10)5-7/h2-6,9,11-12H,1H3/t6-,9+/m0/s1. The van der Waals surface area contributed by atoms with Crippen molar-refractivity contribution in [3.8, 4) is 0 Å². The number of rotatable bonds is 2. The summed E-state index contributed by atoms with van der Waals surface area (Å²) < 4.78 is 12.6. The average Bonchev–Trinajstić information content (AvgIpc) is 2.03. The third kappa shape index (κ3) is 2.03. The van der Waals surface area contributed by atoms with Gasteiger partial charge in [-0.05, 0) is 24.6 Å². The monoisotopic (exact) mass is 170 g/mol. The van der Waals surface area contributed by atoms with Crippen LogP contribution in [0, 0.1) is 5.82 Å². The van der Waals surface area contributed by atoms with Gasteiger partial charge in [-0.3, -0.25) is 0 Å². The van der Waals surface area contributed by atoms with Gasteiger partial charge in [-0.25, -0.2) is 4.39 Å². The van der Waals surface area contributed by atoms with Crippen LogP contribution in [-0.4, -0.2) is 16.3 Å². The van der Waals surface area contributed by atoms with Gasteiger partial charge in [0.2, 0.25) is 0 Å². The number of hydrogen-bond acceptors (Lipinski definition) is 2. The van der Waals surface area contributed by atoms with Crippen LogP contribution >= 0.6 is 0 Å². The van der Waals surface area contributed by atoms with E-state index in [-0.39, 0.29) is 0 Å². The molecule has 0 spiro atoms. The van der Waals surface area contributed by atoms with Crippen LogP contribution in [0.3, 0.4) is 0 Å². The molecular formula is C9H11FO2. The van der Waals surface area contributed by atoms with Crippen molar-refractivity contribution in [1.82, 2.24) is 0 Å². The Hall–Kier alpha value is -0.930. The predicted molar refractivity (Wildman–Crippen MR) is 43.0 cm³/mol. The molecule has 0 saturated heterocycles. The smallest absolute Gasteiger partial charge is 0.123 e. The number of benzene rings is 1. The molecule has 0 aromatic heterocycles. The average molecular weight is 170 g/mol. The minimum absolute atomic E-state index is 0.394. The summed E-state index contributed by atoms with van der Waals surface area (Å²) in [5, 5.41) is 18.3. The second-order valence-electron chi connectivity index (χ2n) is 2.74. The zero-order chi connectivity index (χ0) is 9.14. The van der Waals surface area contributed by atoms with Crippen LogP contribution in [0.4, 0.5) is 4.39 Å². The zero-order valence-electron chi connectivity index (χ0n) is 6.74. The fraction of sp³-hybridized carbons (Fsp3) is 0.333. The van der Waals surface area contributed by atoms with Gasteiger partial charge in [0.25, 0.3) is 0 Å². The van der Waals surface area contributed by atoms with Gasteiger partial charge in [0.1, 0.15) is 11.9 Å². The molecule has 66 valence electrons. The molecule has 0 amide bonds. The molecule has 2 N–H and O–H groups in total. The fourth-order valence-electron chi connectivity index (χ4n) is 0.969. The van der Waals surface area contributed by atoms with Crippen molar-refractivity contribution in [3.63, 3.8) is 0 Å². The highest BCUT2D eigenvalue weighted by Crippen LogP contribution is 2.16. The lowest BCUT2D eigenvalue weighted by atomic mass is 10.1. The van der Waals surface area contributed by atoms with E-state index in [1.807, 2.05) is 0 Å². The highest BCUT2D eigenvalue weighted by atomic mass is 19.1. The summed E-state index contributed by atoms with van der Waals surface area (Å²) in [7, 11) is 0. The second-order valence-corrected chi connectivity index (χ2v) is 2.74. The fourth-order valence-corrected chi connectivity index (χ4v) is 0.969. The number of halogens is 1. The first-order valence-electron chi connectivity index (χ1n) is 3.73. The summed E-state index contributed by atoms with van der Waals surface area (Å²) in [5.41, 5.74) is 0.394. The van der Waals surface area contributed by atoms with Gasteiger partial charge >= 0.3 is 0 Å². The Labute approximate surface area is 70.3 Å². The lowest BCUT2D eigenvalue weighted by Gasteiger charge is -2.13. The molecule has 0 aliphatic heterocycles. The molecular weight excluding hydrogens is 159 g/mol. The van der Waals surface area contributed by atoms with Crippen LogP contribution in [0.2, 0.25) is 0 Å². The lowest BCUT2D eigenvalue weighted by Crippen LogP contribution is -2.13. The summed E-state index contributed by atoms with van der Waals surface area (Å²) in [6, 6.07) is 5.56. The van der Waals surface area contributed by atoms with Crippen LogP contribution in [0.15, 0.2) is 24.3 Å². The van der Waals surface area contributed by atoms with Gasteiger partial charge in [0.05, 0.1) is 6.10 Å². The molecule has 2 atom stereocenters. The summed E-state index contributed by atoms with van der Waals surface area (Å²) in [6.07, 6.45) is -1.90. The largest absolute Gasteiger partial charge is 0.390 e. The van der Waals surface area contributed by atoms with Crippen LogP contribution in [0.25, 0.3) is 0 Å². The summed E-state index contributed by atoms with van der Waals surface area (Å²) in [5.74, 6) is -0.410. The van der Waals surface area contributed by atoms with E-state index < -0.39 is 18.0 Å². The molecule has 0 fully saturated rings. The third-order valence-electron chi connectivity index (χ3n) is 1.65. The molecule has 1 aromatic rings. The molecule has 12 heavy (non-hydrogen) atoms. The zero-order valence-corrected chi connectivity index (χ0v) is 6.74. The van der Waals surface area contributed by atoms with Crippen molar-refractivity contribution in [2.45, 2.75) is 19.1 Å². The van der Waals surface area contributed by atoms with Crippen molar-refractivity contribution < 1.29 is 14.6 Å². The Morgan fingerprint density at radius 1 is 1.33 bits per heavy atom. The van der Waals surface area contributed by atoms with Crippen molar-refractivity contribution >= 4 is 0 Å². The highest BCUT2D eigenvalue weighted by molar-refractivity contribution is 5.19. The second kappa shape index (κ2) is 3.65. The van der Waals surface area contributed by atoms with Crippen molar-refractivity contribution in [2.24, 2.45) is 0 Å². The van der Waals surface area contributed by atoms with Gasteiger partial charge < -0.3 is 10.2 Å². The molecule has 3 heteroatoms. The van der Waals surface area contributed by atoms with Gasteiger partial charge in [-0.1, -0.05) is 12.1 Å². The highest BCUT2D eigenvalue weighted by Gasteiger charge is 2.13. The minimum atomic E-state index is -1.01. The Morgan fingerprint density at radius 2 is 2.00 bits per heavy atom. The SMILES string of the molecule is C[C@H](O)[C@@H](O)c1cccc(F)c1. The van der Waals surface area contributed by atoms with E-state index in [2.05, 4.69) is 0 Å². The molecule has 0 radical (unpaired) electrons.